The molecule has 2 atom stereocenters. The molecule has 0 spiro atoms. The third kappa shape index (κ3) is 4.28. The molecule has 0 aromatic heterocycles. The number of rotatable bonds is 6. The summed E-state index contributed by atoms with van der Waals surface area (Å²) in [6.45, 7) is 2.83. The van der Waals surface area contributed by atoms with Crippen molar-refractivity contribution in [2.24, 2.45) is 5.73 Å². The van der Waals surface area contributed by atoms with E-state index in [4.69, 9.17) is 5.73 Å². The Kier molecular flexibility index (Phi) is 5.55. The second-order valence-corrected chi connectivity index (χ2v) is 7.61. The van der Waals surface area contributed by atoms with Crippen LogP contribution in [0.2, 0.25) is 0 Å². The molecule has 0 saturated carbocycles. The van der Waals surface area contributed by atoms with Gasteiger partial charge < -0.3 is 5.73 Å². The first-order valence-corrected chi connectivity index (χ1v) is 9.16. The number of benzene rings is 1. The Labute approximate surface area is 131 Å². The van der Waals surface area contributed by atoms with Gasteiger partial charge in [-0.05, 0) is 31.9 Å². The number of nitrogens with zero attached hydrogens (tertiary/aromatic N) is 1. The highest BCUT2D eigenvalue weighted by atomic mass is 32.2. The SMILES string of the molecule is CCS(=O)(=O)N[C@@H]1CCCN([C@@H](C(N)=O)c2ccccc2)C1. The zero-order valence-corrected chi connectivity index (χ0v) is 13.6. The first kappa shape index (κ1) is 16.9. The summed E-state index contributed by atoms with van der Waals surface area (Å²) in [5, 5.41) is 0. The molecule has 1 aliphatic heterocycles. The summed E-state index contributed by atoms with van der Waals surface area (Å²) in [5.41, 5.74) is 6.42. The number of hydrogen-bond acceptors (Lipinski definition) is 4. The molecule has 3 N–H and O–H groups in total. The van der Waals surface area contributed by atoms with Crippen LogP contribution in [0.25, 0.3) is 0 Å². The number of nitrogens with two attached hydrogens (primary N) is 1. The van der Waals surface area contributed by atoms with E-state index < -0.39 is 22.0 Å². The molecule has 0 bridgehead atoms. The number of amides is 1. The van der Waals surface area contributed by atoms with Gasteiger partial charge in [0.05, 0.1) is 5.75 Å². The van der Waals surface area contributed by atoms with Crippen molar-refractivity contribution in [3.8, 4) is 0 Å². The Morgan fingerprint density at radius 3 is 2.68 bits per heavy atom. The molecule has 1 saturated heterocycles. The second-order valence-electron chi connectivity index (χ2n) is 5.57. The van der Waals surface area contributed by atoms with Gasteiger partial charge in [-0.25, -0.2) is 13.1 Å². The van der Waals surface area contributed by atoms with Gasteiger partial charge in [-0.2, -0.15) is 0 Å². The van der Waals surface area contributed by atoms with Gasteiger partial charge in [0, 0.05) is 12.6 Å². The Morgan fingerprint density at radius 1 is 1.41 bits per heavy atom. The van der Waals surface area contributed by atoms with E-state index in [9.17, 15) is 13.2 Å². The topological polar surface area (TPSA) is 92.5 Å². The summed E-state index contributed by atoms with van der Waals surface area (Å²) in [7, 11) is -3.25. The molecule has 0 unspecified atom stereocenters. The summed E-state index contributed by atoms with van der Waals surface area (Å²) < 4.78 is 26.2. The van der Waals surface area contributed by atoms with Gasteiger partial charge in [-0.1, -0.05) is 30.3 Å². The van der Waals surface area contributed by atoms with Crippen LogP contribution in [0.4, 0.5) is 0 Å². The van der Waals surface area contributed by atoms with Crippen molar-refractivity contribution in [1.82, 2.24) is 9.62 Å². The molecule has 1 aromatic rings. The van der Waals surface area contributed by atoms with Crippen molar-refractivity contribution in [2.75, 3.05) is 18.8 Å². The Morgan fingerprint density at radius 2 is 2.09 bits per heavy atom. The van der Waals surface area contributed by atoms with E-state index >= 15 is 0 Å². The van der Waals surface area contributed by atoms with Crippen molar-refractivity contribution in [3.05, 3.63) is 35.9 Å². The number of hydrogen-bond donors (Lipinski definition) is 2. The summed E-state index contributed by atoms with van der Waals surface area (Å²) in [4.78, 5) is 13.9. The molecule has 6 nitrogen and oxygen atoms in total. The fraction of sp³-hybridized carbons (Fsp3) is 0.533. The van der Waals surface area contributed by atoms with Crippen LogP contribution in [0.5, 0.6) is 0 Å². The smallest absolute Gasteiger partial charge is 0.239 e. The van der Waals surface area contributed by atoms with Crippen LogP contribution in [-0.4, -0.2) is 44.1 Å². The van der Waals surface area contributed by atoms with E-state index in [1.807, 2.05) is 35.2 Å². The molecule has 2 rings (SSSR count). The third-order valence-corrected chi connectivity index (χ3v) is 5.38. The molecule has 0 aliphatic carbocycles. The molecule has 7 heteroatoms. The van der Waals surface area contributed by atoms with Crippen LogP contribution in [0, 0.1) is 0 Å². The minimum absolute atomic E-state index is 0.0570. The Balaban J connectivity index is 2.14. The molecule has 1 aromatic carbocycles. The van der Waals surface area contributed by atoms with Crippen molar-refractivity contribution in [3.63, 3.8) is 0 Å². The van der Waals surface area contributed by atoms with Crippen molar-refractivity contribution < 1.29 is 13.2 Å². The van der Waals surface area contributed by atoms with Crippen LogP contribution < -0.4 is 10.5 Å². The number of likely N-dealkylation sites (tertiary alicyclic amines) is 1. The van der Waals surface area contributed by atoms with Gasteiger partial charge in [0.1, 0.15) is 6.04 Å². The fourth-order valence-electron chi connectivity index (χ4n) is 2.86. The predicted molar refractivity (Wildman–Crippen MR) is 85.6 cm³/mol. The molecule has 1 heterocycles. The molecule has 1 aliphatic rings. The molecule has 1 fully saturated rings. The molecular weight excluding hydrogens is 302 g/mol. The van der Waals surface area contributed by atoms with Crippen LogP contribution in [-0.2, 0) is 14.8 Å². The maximum atomic E-state index is 11.9. The Bertz CT molecular complexity index is 604. The van der Waals surface area contributed by atoms with Gasteiger partial charge in [-0.15, -0.1) is 0 Å². The average molecular weight is 325 g/mol. The summed E-state index contributed by atoms with van der Waals surface area (Å²) in [5.74, 6) is -0.355. The molecule has 1 amide bonds. The van der Waals surface area contributed by atoms with E-state index in [0.717, 1.165) is 24.9 Å². The summed E-state index contributed by atoms with van der Waals surface area (Å²) >= 11 is 0. The average Bonchev–Trinajstić information content (AvgIpc) is 2.48. The highest BCUT2D eigenvalue weighted by molar-refractivity contribution is 7.89. The Hall–Kier alpha value is -1.44. The second kappa shape index (κ2) is 7.21. The lowest BCUT2D eigenvalue weighted by atomic mass is 9.99. The van der Waals surface area contributed by atoms with Crippen LogP contribution in [0.15, 0.2) is 30.3 Å². The van der Waals surface area contributed by atoms with Crippen LogP contribution in [0.1, 0.15) is 31.4 Å². The van der Waals surface area contributed by atoms with Gasteiger partial charge in [0.25, 0.3) is 0 Å². The lowest BCUT2D eigenvalue weighted by Gasteiger charge is -2.37. The van der Waals surface area contributed by atoms with Gasteiger partial charge in [0.2, 0.25) is 15.9 Å². The number of primary amides is 1. The number of nitrogens with one attached hydrogen (secondary N) is 1. The number of sulfonamides is 1. The first-order chi connectivity index (χ1) is 10.4. The zero-order chi connectivity index (χ0) is 16.2. The lowest BCUT2D eigenvalue weighted by Crippen LogP contribution is -2.51. The summed E-state index contributed by atoms with van der Waals surface area (Å²) in [6, 6.07) is 8.67. The number of carbonyl (C=O) groups excluding carboxylic acids is 1. The van der Waals surface area contributed by atoms with Crippen molar-refractivity contribution in [1.29, 1.82) is 0 Å². The highest BCUT2D eigenvalue weighted by Gasteiger charge is 2.31. The third-order valence-electron chi connectivity index (χ3n) is 3.93. The normalized spacial score (nSPS) is 21.4. The van der Waals surface area contributed by atoms with Gasteiger partial charge >= 0.3 is 0 Å². The maximum absolute atomic E-state index is 11.9. The quantitative estimate of drug-likeness (QED) is 0.802. The zero-order valence-electron chi connectivity index (χ0n) is 12.7. The minimum atomic E-state index is -3.25. The van der Waals surface area contributed by atoms with E-state index in [2.05, 4.69) is 4.72 Å². The maximum Gasteiger partial charge on any atom is 0.239 e. The number of piperidine rings is 1. The van der Waals surface area contributed by atoms with E-state index in [0.29, 0.717) is 6.54 Å². The summed E-state index contributed by atoms with van der Waals surface area (Å²) in [6.07, 6.45) is 1.60. The van der Waals surface area contributed by atoms with E-state index in [1.54, 1.807) is 6.92 Å². The predicted octanol–water partition coefficient (Wildman–Crippen LogP) is 0.617. The molecule has 22 heavy (non-hydrogen) atoms. The molecule has 0 radical (unpaired) electrons. The first-order valence-electron chi connectivity index (χ1n) is 7.51. The lowest BCUT2D eigenvalue weighted by molar-refractivity contribution is -0.124. The van der Waals surface area contributed by atoms with Crippen LogP contribution >= 0.6 is 0 Å². The monoisotopic (exact) mass is 325 g/mol. The largest absolute Gasteiger partial charge is 0.368 e. The molecule has 122 valence electrons. The van der Waals surface area contributed by atoms with Gasteiger partial charge in [-0.3, -0.25) is 9.69 Å². The van der Waals surface area contributed by atoms with Crippen molar-refractivity contribution >= 4 is 15.9 Å². The number of carbonyl (C=O) groups is 1. The fourth-order valence-corrected chi connectivity index (χ4v) is 3.73. The van der Waals surface area contributed by atoms with E-state index in [-0.39, 0.29) is 11.8 Å². The standard InChI is InChI=1S/C15H23N3O3S/c1-2-22(20,21)17-13-9-6-10-18(11-13)14(15(16)19)12-7-4-3-5-8-12/h3-5,7-8,13-14,17H,2,6,9-11H2,1H3,(H2,16,19)/t13-,14-/m1/s1. The molecular formula is C15H23N3O3S. The van der Waals surface area contributed by atoms with E-state index in [1.165, 1.54) is 0 Å². The van der Waals surface area contributed by atoms with Crippen molar-refractivity contribution in [2.45, 2.75) is 31.8 Å². The van der Waals surface area contributed by atoms with Crippen LogP contribution in [0.3, 0.4) is 0 Å². The minimum Gasteiger partial charge on any atom is -0.368 e. The highest BCUT2D eigenvalue weighted by Crippen LogP contribution is 2.24. The van der Waals surface area contributed by atoms with Gasteiger partial charge in [0.15, 0.2) is 0 Å².